The fourth-order valence-corrected chi connectivity index (χ4v) is 2.13. The minimum Gasteiger partial charge on any atom is -0.321 e. The van der Waals surface area contributed by atoms with Gasteiger partial charge in [0, 0.05) is 11.6 Å². The zero-order valence-electron chi connectivity index (χ0n) is 10.1. The van der Waals surface area contributed by atoms with E-state index >= 15 is 0 Å². The molecule has 21 heavy (non-hydrogen) atoms. The van der Waals surface area contributed by atoms with E-state index in [0.717, 1.165) is 6.07 Å². The highest BCUT2D eigenvalue weighted by atomic mass is 79.9. The molecule has 1 aromatic carbocycles. The number of hydrogen-bond donors (Lipinski definition) is 1. The number of halogens is 3. The molecule has 1 amide bonds. The number of nitrogens with zero attached hydrogens (tertiary/aromatic N) is 2. The standard InChI is InChI=1S/C12H6BrCl2N3O3/c13-8-4-7(5-16-11(8)15)17-12(19)6-1-2-9(14)10(3-6)18(20)21/h1-5H,(H,17,19). The fourth-order valence-electron chi connectivity index (χ4n) is 1.49. The van der Waals surface area contributed by atoms with Crippen LogP contribution in [0.3, 0.4) is 0 Å². The van der Waals surface area contributed by atoms with E-state index in [4.69, 9.17) is 23.2 Å². The maximum Gasteiger partial charge on any atom is 0.288 e. The van der Waals surface area contributed by atoms with E-state index in [1.807, 2.05) is 0 Å². The van der Waals surface area contributed by atoms with Gasteiger partial charge in [0.25, 0.3) is 11.6 Å². The first kappa shape index (κ1) is 15.7. The van der Waals surface area contributed by atoms with Crippen LogP contribution in [0.1, 0.15) is 10.4 Å². The Kier molecular flexibility index (Phi) is 4.76. The smallest absolute Gasteiger partial charge is 0.288 e. The molecule has 0 atom stereocenters. The predicted octanol–water partition coefficient (Wildman–Crippen LogP) is 4.31. The molecule has 0 unspecified atom stereocenters. The van der Waals surface area contributed by atoms with Crippen LogP contribution in [0.4, 0.5) is 11.4 Å². The van der Waals surface area contributed by atoms with Crippen molar-refractivity contribution in [2.75, 3.05) is 5.32 Å². The third-order valence-corrected chi connectivity index (χ3v) is 3.91. The molecule has 1 N–H and O–H groups in total. The lowest BCUT2D eigenvalue weighted by Gasteiger charge is -2.06. The summed E-state index contributed by atoms with van der Waals surface area (Å²) in [6.45, 7) is 0. The highest BCUT2D eigenvalue weighted by Gasteiger charge is 2.16. The molecule has 6 nitrogen and oxygen atoms in total. The van der Waals surface area contributed by atoms with Gasteiger partial charge in [-0.2, -0.15) is 0 Å². The number of anilines is 1. The molecule has 1 aromatic heterocycles. The fraction of sp³-hybridized carbons (Fsp3) is 0. The summed E-state index contributed by atoms with van der Waals surface area (Å²) in [7, 11) is 0. The minimum absolute atomic E-state index is 0.0348. The maximum atomic E-state index is 12.0. The van der Waals surface area contributed by atoms with Crippen LogP contribution in [0.5, 0.6) is 0 Å². The highest BCUT2D eigenvalue weighted by molar-refractivity contribution is 9.10. The number of rotatable bonds is 3. The summed E-state index contributed by atoms with van der Waals surface area (Å²) in [5.41, 5.74) is 0.172. The van der Waals surface area contributed by atoms with E-state index in [2.05, 4.69) is 26.2 Å². The van der Waals surface area contributed by atoms with Crippen LogP contribution < -0.4 is 5.32 Å². The molecule has 2 rings (SSSR count). The summed E-state index contributed by atoms with van der Waals surface area (Å²) in [6.07, 6.45) is 1.37. The van der Waals surface area contributed by atoms with Crippen molar-refractivity contribution in [3.05, 3.63) is 60.8 Å². The molecular weight excluding hydrogens is 385 g/mol. The molecule has 0 aliphatic rings. The lowest BCUT2D eigenvalue weighted by atomic mass is 10.2. The molecule has 0 spiro atoms. The first-order valence-electron chi connectivity index (χ1n) is 5.45. The van der Waals surface area contributed by atoms with Crippen LogP contribution in [0.15, 0.2) is 34.9 Å². The maximum absolute atomic E-state index is 12.0. The summed E-state index contributed by atoms with van der Waals surface area (Å²) in [5.74, 6) is -0.522. The third-order valence-electron chi connectivity index (χ3n) is 2.46. The van der Waals surface area contributed by atoms with Crippen LogP contribution >= 0.6 is 39.1 Å². The van der Waals surface area contributed by atoms with Gasteiger partial charge in [-0.3, -0.25) is 14.9 Å². The van der Waals surface area contributed by atoms with E-state index < -0.39 is 10.8 Å². The molecule has 108 valence electrons. The normalized spacial score (nSPS) is 10.2. The number of nitro groups is 1. The molecule has 9 heteroatoms. The second kappa shape index (κ2) is 6.38. The summed E-state index contributed by atoms with van der Waals surface area (Å²) in [5, 5.41) is 13.6. The summed E-state index contributed by atoms with van der Waals surface area (Å²) >= 11 is 14.6. The van der Waals surface area contributed by atoms with Crippen molar-refractivity contribution >= 4 is 56.4 Å². The van der Waals surface area contributed by atoms with E-state index in [1.165, 1.54) is 18.3 Å². The highest BCUT2D eigenvalue weighted by Crippen LogP contribution is 2.26. The number of hydrogen-bond acceptors (Lipinski definition) is 4. The predicted molar refractivity (Wildman–Crippen MR) is 83.0 cm³/mol. The Hall–Kier alpha value is -1.70. The quantitative estimate of drug-likeness (QED) is 0.480. The molecule has 0 saturated heterocycles. The summed E-state index contributed by atoms with van der Waals surface area (Å²) in [6, 6.07) is 5.36. The largest absolute Gasteiger partial charge is 0.321 e. The Labute approximate surface area is 137 Å². The van der Waals surface area contributed by atoms with Crippen molar-refractivity contribution in [2.45, 2.75) is 0 Å². The van der Waals surface area contributed by atoms with Gasteiger partial charge in [0.05, 0.1) is 21.3 Å². The number of carbonyl (C=O) groups is 1. The van der Waals surface area contributed by atoms with Gasteiger partial charge >= 0.3 is 0 Å². The molecule has 2 aromatic rings. The van der Waals surface area contributed by atoms with Crippen molar-refractivity contribution in [2.24, 2.45) is 0 Å². The average molecular weight is 391 g/mol. The Morgan fingerprint density at radius 3 is 2.67 bits per heavy atom. The second-order valence-electron chi connectivity index (χ2n) is 3.87. The van der Waals surface area contributed by atoms with Crippen molar-refractivity contribution in [3.63, 3.8) is 0 Å². The Balaban J connectivity index is 2.26. The van der Waals surface area contributed by atoms with Gasteiger partial charge in [0.1, 0.15) is 10.2 Å². The van der Waals surface area contributed by atoms with E-state index in [-0.39, 0.29) is 21.4 Å². The van der Waals surface area contributed by atoms with Crippen molar-refractivity contribution in [1.82, 2.24) is 4.98 Å². The molecule has 0 radical (unpaired) electrons. The monoisotopic (exact) mass is 389 g/mol. The molecule has 0 aliphatic heterocycles. The number of aromatic nitrogens is 1. The Bertz CT molecular complexity index is 740. The number of nitro benzene ring substituents is 1. The number of carbonyl (C=O) groups excluding carboxylic acids is 1. The van der Waals surface area contributed by atoms with Crippen LogP contribution in [-0.4, -0.2) is 15.8 Å². The van der Waals surface area contributed by atoms with Crippen LogP contribution in [0.25, 0.3) is 0 Å². The van der Waals surface area contributed by atoms with E-state index in [0.29, 0.717) is 10.2 Å². The van der Waals surface area contributed by atoms with Gasteiger partial charge in [-0.25, -0.2) is 4.98 Å². The number of pyridine rings is 1. The van der Waals surface area contributed by atoms with Gasteiger partial charge in [-0.15, -0.1) is 0 Å². The molecule has 0 saturated carbocycles. The molecule has 0 aliphatic carbocycles. The second-order valence-corrected chi connectivity index (χ2v) is 5.49. The van der Waals surface area contributed by atoms with Gasteiger partial charge in [-0.1, -0.05) is 23.2 Å². The van der Waals surface area contributed by atoms with Crippen LogP contribution in [0, 0.1) is 10.1 Å². The number of benzene rings is 1. The van der Waals surface area contributed by atoms with Crippen molar-refractivity contribution < 1.29 is 9.72 Å². The third kappa shape index (κ3) is 3.69. The van der Waals surface area contributed by atoms with Gasteiger partial charge < -0.3 is 5.32 Å². The minimum atomic E-state index is -0.653. The molecular formula is C12H6BrCl2N3O3. The lowest BCUT2D eigenvalue weighted by Crippen LogP contribution is -2.12. The number of nitrogens with one attached hydrogen (secondary N) is 1. The molecule has 1 heterocycles. The Morgan fingerprint density at radius 2 is 2.05 bits per heavy atom. The average Bonchev–Trinajstić information content (AvgIpc) is 2.43. The van der Waals surface area contributed by atoms with Gasteiger partial charge in [0.15, 0.2) is 0 Å². The van der Waals surface area contributed by atoms with Gasteiger partial charge in [-0.05, 0) is 34.1 Å². The molecule has 0 bridgehead atoms. The van der Waals surface area contributed by atoms with Crippen molar-refractivity contribution in [1.29, 1.82) is 0 Å². The first-order valence-corrected chi connectivity index (χ1v) is 6.99. The van der Waals surface area contributed by atoms with Gasteiger partial charge in [0.2, 0.25) is 0 Å². The summed E-state index contributed by atoms with van der Waals surface area (Å²) in [4.78, 5) is 26.0. The van der Waals surface area contributed by atoms with E-state index in [9.17, 15) is 14.9 Å². The SMILES string of the molecule is O=C(Nc1cnc(Cl)c(Br)c1)c1ccc(Cl)c([N+](=O)[O-])c1. The Morgan fingerprint density at radius 1 is 1.33 bits per heavy atom. The van der Waals surface area contributed by atoms with Crippen molar-refractivity contribution in [3.8, 4) is 0 Å². The first-order chi connectivity index (χ1) is 9.88. The van der Waals surface area contributed by atoms with E-state index in [1.54, 1.807) is 6.07 Å². The van der Waals surface area contributed by atoms with Crippen LogP contribution in [-0.2, 0) is 0 Å². The summed E-state index contributed by atoms with van der Waals surface area (Å²) < 4.78 is 0.518. The van der Waals surface area contributed by atoms with Crippen LogP contribution in [0.2, 0.25) is 10.2 Å². The number of amides is 1. The zero-order chi connectivity index (χ0) is 15.6. The topological polar surface area (TPSA) is 85.1 Å². The lowest BCUT2D eigenvalue weighted by molar-refractivity contribution is -0.384. The zero-order valence-corrected chi connectivity index (χ0v) is 13.2. The molecule has 0 fully saturated rings.